The minimum absolute atomic E-state index is 0.246. The molecule has 4 heteroatoms. The average molecular weight is 274 g/mol. The van der Waals surface area contributed by atoms with Gasteiger partial charge in [-0.2, -0.15) is 0 Å². The number of benzene rings is 1. The number of halogens is 1. The van der Waals surface area contributed by atoms with Crippen LogP contribution in [0.3, 0.4) is 0 Å². The first-order chi connectivity index (χ1) is 9.50. The largest absolute Gasteiger partial charge is 0.366 e. The first kappa shape index (κ1) is 13.2. The number of carbonyl (C=O) groups excluding carboxylic acids is 1. The molecule has 3 nitrogen and oxygen atoms in total. The summed E-state index contributed by atoms with van der Waals surface area (Å²) in [5.41, 5.74) is 9.07. The normalized spacial score (nSPS) is 16.1. The van der Waals surface area contributed by atoms with Crippen molar-refractivity contribution in [2.75, 3.05) is 0 Å². The minimum atomic E-state index is -0.590. The number of nitrogens with one attached hydrogen (secondary N) is 1. The monoisotopic (exact) mass is 274 g/mol. The zero-order valence-corrected chi connectivity index (χ0v) is 11.8. The van der Waals surface area contributed by atoms with Gasteiger partial charge in [0.1, 0.15) is 5.82 Å². The number of amides is 1. The van der Waals surface area contributed by atoms with E-state index < -0.39 is 5.91 Å². The molecule has 1 aromatic carbocycles. The Morgan fingerprint density at radius 1 is 1.35 bits per heavy atom. The Morgan fingerprint density at radius 3 is 2.60 bits per heavy atom. The van der Waals surface area contributed by atoms with Crippen LogP contribution in [0.4, 0.5) is 4.39 Å². The highest BCUT2D eigenvalue weighted by Crippen LogP contribution is 2.41. The van der Waals surface area contributed by atoms with E-state index in [2.05, 4.69) is 4.98 Å². The molecule has 1 amide bonds. The summed E-state index contributed by atoms with van der Waals surface area (Å²) < 4.78 is 14.6. The van der Waals surface area contributed by atoms with Crippen LogP contribution in [0.5, 0.6) is 0 Å². The zero-order valence-electron chi connectivity index (χ0n) is 11.8. The summed E-state index contributed by atoms with van der Waals surface area (Å²) in [6.07, 6.45) is 4.33. The molecule has 1 aromatic heterocycles. The third kappa shape index (κ3) is 1.82. The van der Waals surface area contributed by atoms with Crippen molar-refractivity contribution in [2.24, 2.45) is 5.73 Å². The summed E-state index contributed by atoms with van der Waals surface area (Å²) in [4.78, 5) is 14.8. The Hall–Kier alpha value is -1.84. The van der Waals surface area contributed by atoms with Gasteiger partial charge in [-0.25, -0.2) is 4.39 Å². The van der Waals surface area contributed by atoms with Crippen LogP contribution in [0.25, 0.3) is 10.9 Å². The van der Waals surface area contributed by atoms with E-state index in [9.17, 15) is 9.18 Å². The number of primary amides is 1. The third-order valence-corrected chi connectivity index (χ3v) is 4.60. The number of rotatable bonds is 2. The van der Waals surface area contributed by atoms with Crippen LogP contribution >= 0.6 is 0 Å². The van der Waals surface area contributed by atoms with Crippen LogP contribution in [0.15, 0.2) is 6.07 Å². The van der Waals surface area contributed by atoms with Crippen molar-refractivity contribution in [3.05, 3.63) is 34.3 Å². The number of nitrogens with two attached hydrogens (primary N) is 1. The van der Waals surface area contributed by atoms with Gasteiger partial charge in [0, 0.05) is 16.6 Å². The topological polar surface area (TPSA) is 58.9 Å². The molecule has 20 heavy (non-hydrogen) atoms. The molecule has 1 saturated carbocycles. The molecule has 106 valence electrons. The van der Waals surface area contributed by atoms with Crippen LogP contribution in [-0.2, 0) is 0 Å². The molecule has 0 aliphatic heterocycles. The lowest BCUT2D eigenvalue weighted by Crippen LogP contribution is -2.13. The second-order valence-corrected chi connectivity index (χ2v) is 5.79. The second kappa shape index (κ2) is 4.62. The molecule has 1 fully saturated rings. The van der Waals surface area contributed by atoms with Gasteiger partial charge in [-0.05, 0) is 44.2 Å². The quantitative estimate of drug-likeness (QED) is 0.862. The second-order valence-electron chi connectivity index (χ2n) is 5.79. The van der Waals surface area contributed by atoms with Gasteiger partial charge >= 0.3 is 0 Å². The first-order valence-corrected chi connectivity index (χ1v) is 7.11. The first-order valence-electron chi connectivity index (χ1n) is 7.11. The zero-order chi connectivity index (χ0) is 14.4. The fourth-order valence-electron chi connectivity index (χ4n) is 3.46. The molecule has 0 bridgehead atoms. The Kier molecular flexibility index (Phi) is 3.04. The molecule has 0 radical (unpaired) electrons. The van der Waals surface area contributed by atoms with Gasteiger partial charge in [-0.1, -0.05) is 12.8 Å². The lowest BCUT2D eigenvalue weighted by Gasteiger charge is -2.15. The molecule has 1 aliphatic rings. The van der Waals surface area contributed by atoms with E-state index in [-0.39, 0.29) is 17.3 Å². The summed E-state index contributed by atoms with van der Waals surface area (Å²) in [6, 6.07) is 1.30. The molecule has 3 N–H and O–H groups in total. The number of aryl methyl sites for hydroxylation is 2. The van der Waals surface area contributed by atoms with Crippen molar-refractivity contribution in [1.82, 2.24) is 4.98 Å². The maximum atomic E-state index is 14.6. The van der Waals surface area contributed by atoms with Crippen molar-refractivity contribution in [3.8, 4) is 0 Å². The molecule has 3 rings (SSSR count). The third-order valence-electron chi connectivity index (χ3n) is 4.60. The van der Waals surface area contributed by atoms with E-state index in [1.807, 2.05) is 13.8 Å². The minimum Gasteiger partial charge on any atom is -0.366 e. The van der Waals surface area contributed by atoms with Crippen LogP contribution in [0.1, 0.15) is 58.8 Å². The highest BCUT2D eigenvalue weighted by Gasteiger charge is 2.27. The van der Waals surface area contributed by atoms with E-state index >= 15 is 0 Å². The molecule has 1 aliphatic carbocycles. The highest BCUT2D eigenvalue weighted by atomic mass is 19.1. The predicted molar refractivity (Wildman–Crippen MR) is 77.5 cm³/mol. The van der Waals surface area contributed by atoms with Gasteiger partial charge in [-0.15, -0.1) is 0 Å². The molecular formula is C16H19FN2O. The summed E-state index contributed by atoms with van der Waals surface area (Å²) in [5, 5.41) is 0.864. The van der Waals surface area contributed by atoms with Gasteiger partial charge in [0.25, 0.3) is 5.91 Å². The van der Waals surface area contributed by atoms with Crippen LogP contribution < -0.4 is 5.73 Å². The molecule has 0 unspecified atom stereocenters. The molecular weight excluding hydrogens is 255 g/mol. The van der Waals surface area contributed by atoms with Gasteiger partial charge in [0.05, 0.1) is 11.1 Å². The average Bonchev–Trinajstić information content (AvgIpc) is 3.00. The van der Waals surface area contributed by atoms with Gasteiger partial charge < -0.3 is 10.7 Å². The van der Waals surface area contributed by atoms with Crippen LogP contribution in [0, 0.1) is 19.7 Å². The molecule has 0 spiro atoms. The fourth-order valence-corrected chi connectivity index (χ4v) is 3.46. The number of fused-ring (bicyclic) bond motifs is 1. The number of hydrogen-bond donors (Lipinski definition) is 2. The van der Waals surface area contributed by atoms with E-state index in [1.54, 1.807) is 0 Å². The fraction of sp³-hybridized carbons (Fsp3) is 0.438. The van der Waals surface area contributed by atoms with E-state index in [0.717, 1.165) is 47.9 Å². The van der Waals surface area contributed by atoms with Gasteiger partial charge in [-0.3, -0.25) is 4.79 Å². The molecule has 0 saturated heterocycles. The van der Waals surface area contributed by atoms with Crippen molar-refractivity contribution in [2.45, 2.75) is 45.4 Å². The number of H-pyrrole nitrogens is 1. The molecule has 2 aromatic rings. The maximum Gasteiger partial charge on any atom is 0.250 e. The van der Waals surface area contributed by atoms with E-state index in [0.29, 0.717) is 5.52 Å². The Morgan fingerprint density at radius 2 is 2.00 bits per heavy atom. The smallest absolute Gasteiger partial charge is 0.250 e. The van der Waals surface area contributed by atoms with Crippen molar-refractivity contribution < 1.29 is 9.18 Å². The van der Waals surface area contributed by atoms with E-state index in [1.165, 1.54) is 6.07 Å². The Labute approximate surface area is 117 Å². The number of carbonyl (C=O) groups is 1. The molecule has 0 atom stereocenters. The summed E-state index contributed by atoms with van der Waals surface area (Å²) in [5.74, 6) is -0.623. The number of aromatic nitrogens is 1. The Bertz CT molecular complexity index is 696. The lowest BCUT2D eigenvalue weighted by atomic mass is 9.90. The number of aromatic amines is 1. The predicted octanol–water partition coefficient (Wildman–Crippen LogP) is 3.68. The van der Waals surface area contributed by atoms with Gasteiger partial charge in [0.15, 0.2) is 0 Å². The van der Waals surface area contributed by atoms with Gasteiger partial charge in [0.2, 0.25) is 0 Å². The van der Waals surface area contributed by atoms with E-state index in [4.69, 9.17) is 5.73 Å². The maximum absolute atomic E-state index is 14.6. The lowest BCUT2D eigenvalue weighted by molar-refractivity contribution is 0.100. The summed E-state index contributed by atoms with van der Waals surface area (Å²) >= 11 is 0. The SMILES string of the molecule is Cc1[nH]c2c(C(N)=O)cc(F)c(C3CCCC3)c2c1C. The summed E-state index contributed by atoms with van der Waals surface area (Å²) in [7, 11) is 0. The number of hydrogen-bond acceptors (Lipinski definition) is 1. The van der Waals surface area contributed by atoms with Crippen molar-refractivity contribution >= 4 is 16.8 Å². The van der Waals surface area contributed by atoms with Crippen molar-refractivity contribution in [3.63, 3.8) is 0 Å². The highest BCUT2D eigenvalue weighted by molar-refractivity contribution is 6.07. The van der Waals surface area contributed by atoms with Crippen LogP contribution in [0.2, 0.25) is 0 Å². The van der Waals surface area contributed by atoms with Crippen LogP contribution in [-0.4, -0.2) is 10.9 Å². The standard InChI is InChI=1S/C16H19FN2O/c1-8-9(2)19-15-11(16(18)20)7-12(17)14(13(8)15)10-5-3-4-6-10/h7,10,19H,3-6H2,1-2H3,(H2,18,20). The Balaban J connectivity index is 2.37. The molecule has 1 heterocycles. The van der Waals surface area contributed by atoms with Crippen molar-refractivity contribution in [1.29, 1.82) is 0 Å². The summed E-state index contributed by atoms with van der Waals surface area (Å²) in [6.45, 7) is 3.91.